The highest BCUT2D eigenvalue weighted by atomic mass is 16.1. The van der Waals surface area contributed by atoms with E-state index in [4.69, 9.17) is 0 Å². The summed E-state index contributed by atoms with van der Waals surface area (Å²) in [5.41, 5.74) is 2.15. The summed E-state index contributed by atoms with van der Waals surface area (Å²) in [5, 5.41) is 0. The summed E-state index contributed by atoms with van der Waals surface area (Å²) in [6.45, 7) is 7.51. The van der Waals surface area contributed by atoms with Gasteiger partial charge in [0.1, 0.15) is 0 Å². The number of hydrogen-bond donors (Lipinski definition) is 0. The molecule has 1 aromatic carbocycles. The molecule has 1 fully saturated rings. The van der Waals surface area contributed by atoms with Gasteiger partial charge < -0.3 is 0 Å². The van der Waals surface area contributed by atoms with E-state index in [1.54, 1.807) is 0 Å². The van der Waals surface area contributed by atoms with Gasteiger partial charge in [0.15, 0.2) is 5.78 Å². The summed E-state index contributed by atoms with van der Waals surface area (Å²) >= 11 is 0. The van der Waals surface area contributed by atoms with Crippen LogP contribution < -0.4 is 0 Å². The molecule has 2 unspecified atom stereocenters. The number of carbonyl (C=O) groups excluding carboxylic acids is 1. The van der Waals surface area contributed by atoms with Gasteiger partial charge in [0.25, 0.3) is 0 Å². The zero-order chi connectivity index (χ0) is 14.5. The molecule has 0 amide bonds. The van der Waals surface area contributed by atoms with Crippen LogP contribution in [-0.4, -0.2) is 29.3 Å². The van der Waals surface area contributed by atoms with Crippen molar-refractivity contribution in [1.29, 1.82) is 0 Å². The fourth-order valence-corrected chi connectivity index (χ4v) is 3.27. The Hall–Kier alpha value is -1.15. The number of ketones is 1. The number of aryl methyl sites for hydroxylation is 1. The maximum atomic E-state index is 12.7. The molecular weight excluding hydrogens is 246 g/mol. The lowest BCUT2D eigenvalue weighted by molar-refractivity contribution is 0.0661. The van der Waals surface area contributed by atoms with Crippen molar-refractivity contribution in [2.45, 2.75) is 65.0 Å². The smallest absolute Gasteiger partial charge is 0.179 e. The van der Waals surface area contributed by atoms with Crippen LogP contribution in [0, 0.1) is 0 Å². The summed E-state index contributed by atoms with van der Waals surface area (Å²) in [5.74, 6) is 0.271. The van der Waals surface area contributed by atoms with Crippen LogP contribution in [0.4, 0.5) is 0 Å². The molecule has 110 valence electrons. The highest BCUT2D eigenvalue weighted by Gasteiger charge is 2.29. The number of hydrogen-bond acceptors (Lipinski definition) is 2. The van der Waals surface area contributed by atoms with Crippen LogP contribution in [0.15, 0.2) is 24.3 Å². The topological polar surface area (TPSA) is 20.3 Å². The van der Waals surface area contributed by atoms with Crippen molar-refractivity contribution < 1.29 is 4.79 Å². The Labute approximate surface area is 123 Å². The van der Waals surface area contributed by atoms with Crippen LogP contribution in [0.5, 0.6) is 0 Å². The Morgan fingerprint density at radius 2 is 1.95 bits per heavy atom. The van der Waals surface area contributed by atoms with E-state index < -0.39 is 0 Å². The van der Waals surface area contributed by atoms with Gasteiger partial charge in [0.05, 0.1) is 6.04 Å². The fraction of sp³-hybridized carbons (Fsp3) is 0.611. The van der Waals surface area contributed by atoms with Gasteiger partial charge in [-0.3, -0.25) is 9.69 Å². The van der Waals surface area contributed by atoms with Crippen LogP contribution >= 0.6 is 0 Å². The first-order chi connectivity index (χ1) is 9.67. The van der Waals surface area contributed by atoms with E-state index >= 15 is 0 Å². The number of nitrogens with zero attached hydrogens (tertiary/aromatic N) is 1. The highest BCUT2D eigenvalue weighted by molar-refractivity contribution is 5.99. The van der Waals surface area contributed by atoms with E-state index in [1.165, 1.54) is 24.8 Å². The monoisotopic (exact) mass is 273 g/mol. The Bertz CT molecular complexity index is 437. The molecule has 2 nitrogen and oxygen atoms in total. The van der Waals surface area contributed by atoms with Crippen LogP contribution in [0.1, 0.15) is 62.4 Å². The van der Waals surface area contributed by atoms with Gasteiger partial charge in [-0.1, -0.05) is 44.5 Å². The minimum absolute atomic E-state index is 0.00715. The summed E-state index contributed by atoms with van der Waals surface area (Å²) in [6.07, 6.45) is 5.94. The summed E-state index contributed by atoms with van der Waals surface area (Å²) in [6, 6.07) is 8.72. The molecule has 0 spiro atoms. The molecule has 0 radical (unpaired) electrons. The van der Waals surface area contributed by atoms with Gasteiger partial charge in [-0.25, -0.2) is 0 Å². The molecule has 2 atom stereocenters. The second kappa shape index (κ2) is 7.03. The predicted octanol–water partition coefficient (Wildman–Crippen LogP) is 4.08. The summed E-state index contributed by atoms with van der Waals surface area (Å²) in [7, 11) is 0. The van der Waals surface area contributed by atoms with Gasteiger partial charge in [-0.05, 0) is 44.7 Å². The van der Waals surface area contributed by atoms with Crippen molar-refractivity contribution in [3.8, 4) is 0 Å². The molecule has 1 aliphatic rings. The number of likely N-dealkylation sites (tertiary alicyclic amines) is 1. The van der Waals surface area contributed by atoms with E-state index in [9.17, 15) is 4.79 Å². The molecule has 0 N–H and O–H groups in total. The van der Waals surface area contributed by atoms with E-state index in [0.29, 0.717) is 6.04 Å². The molecule has 1 aromatic rings. The molecule has 0 bridgehead atoms. The number of Topliss-reactive ketones (excluding diaryl/α,β-unsaturated/α-hetero) is 1. The first kappa shape index (κ1) is 15.2. The molecule has 2 rings (SSSR count). The van der Waals surface area contributed by atoms with Crippen LogP contribution in [0.2, 0.25) is 0 Å². The van der Waals surface area contributed by atoms with Crippen LogP contribution in [0.3, 0.4) is 0 Å². The minimum Gasteiger partial charge on any atom is -0.292 e. The normalized spacial score (nSPS) is 21.6. The van der Waals surface area contributed by atoms with Crippen molar-refractivity contribution in [2.75, 3.05) is 6.54 Å². The molecule has 0 aliphatic carbocycles. The maximum Gasteiger partial charge on any atom is 0.179 e. The Morgan fingerprint density at radius 1 is 1.25 bits per heavy atom. The number of benzene rings is 1. The first-order valence-corrected chi connectivity index (χ1v) is 8.06. The summed E-state index contributed by atoms with van der Waals surface area (Å²) < 4.78 is 0. The zero-order valence-corrected chi connectivity index (χ0v) is 13.1. The van der Waals surface area contributed by atoms with E-state index in [-0.39, 0.29) is 11.8 Å². The fourth-order valence-electron chi connectivity index (χ4n) is 3.27. The third kappa shape index (κ3) is 3.29. The Kier molecular flexibility index (Phi) is 5.36. The average molecular weight is 273 g/mol. The second-order valence-electron chi connectivity index (χ2n) is 5.89. The SMILES string of the molecule is CCc1ccc(C(=O)C(C)N2CCCCC2CC)cc1. The largest absolute Gasteiger partial charge is 0.292 e. The first-order valence-electron chi connectivity index (χ1n) is 8.06. The molecule has 0 aromatic heterocycles. The quantitative estimate of drug-likeness (QED) is 0.753. The maximum absolute atomic E-state index is 12.7. The lowest BCUT2D eigenvalue weighted by Crippen LogP contribution is -2.48. The Morgan fingerprint density at radius 3 is 2.55 bits per heavy atom. The van der Waals surface area contributed by atoms with Crippen molar-refractivity contribution in [1.82, 2.24) is 4.90 Å². The van der Waals surface area contributed by atoms with Crippen molar-refractivity contribution in [3.05, 3.63) is 35.4 Å². The molecule has 2 heteroatoms. The third-order valence-electron chi connectivity index (χ3n) is 4.67. The standard InChI is InChI=1S/C18H27NO/c1-4-15-9-11-16(12-10-15)18(20)14(3)19-13-7-6-8-17(19)5-2/h9-12,14,17H,4-8,13H2,1-3H3. The van der Waals surface area contributed by atoms with Crippen LogP contribution in [0.25, 0.3) is 0 Å². The van der Waals surface area contributed by atoms with Crippen molar-refractivity contribution in [2.24, 2.45) is 0 Å². The zero-order valence-electron chi connectivity index (χ0n) is 13.1. The van der Waals surface area contributed by atoms with Gasteiger partial charge in [0, 0.05) is 11.6 Å². The van der Waals surface area contributed by atoms with Gasteiger partial charge >= 0.3 is 0 Å². The van der Waals surface area contributed by atoms with Gasteiger partial charge in [-0.2, -0.15) is 0 Å². The average Bonchev–Trinajstić information content (AvgIpc) is 2.53. The van der Waals surface area contributed by atoms with E-state index in [1.807, 2.05) is 12.1 Å². The lowest BCUT2D eigenvalue weighted by Gasteiger charge is -2.38. The number of piperidine rings is 1. The minimum atomic E-state index is 0.00715. The van der Waals surface area contributed by atoms with Crippen molar-refractivity contribution >= 4 is 5.78 Å². The van der Waals surface area contributed by atoms with Gasteiger partial charge in [-0.15, -0.1) is 0 Å². The molecule has 1 aliphatic heterocycles. The highest BCUT2D eigenvalue weighted by Crippen LogP contribution is 2.23. The Balaban J connectivity index is 2.10. The molecule has 1 saturated heterocycles. The lowest BCUT2D eigenvalue weighted by atomic mass is 9.95. The van der Waals surface area contributed by atoms with Crippen LogP contribution in [-0.2, 0) is 6.42 Å². The third-order valence-corrected chi connectivity index (χ3v) is 4.67. The summed E-state index contributed by atoms with van der Waals surface area (Å²) in [4.78, 5) is 15.1. The predicted molar refractivity (Wildman–Crippen MR) is 84.2 cm³/mol. The molecule has 1 heterocycles. The van der Waals surface area contributed by atoms with Gasteiger partial charge in [0.2, 0.25) is 0 Å². The van der Waals surface area contributed by atoms with Crippen molar-refractivity contribution in [3.63, 3.8) is 0 Å². The molecule has 20 heavy (non-hydrogen) atoms. The second-order valence-corrected chi connectivity index (χ2v) is 5.89. The van der Waals surface area contributed by atoms with E-state index in [0.717, 1.165) is 24.9 Å². The number of rotatable bonds is 5. The molecular formula is C18H27NO. The van der Waals surface area contributed by atoms with E-state index in [2.05, 4.69) is 37.8 Å². The number of carbonyl (C=O) groups is 1. The molecule has 0 saturated carbocycles.